The molecule has 26 heteroatoms. The fraction of sp³-hybridized carbons (Fsp3) is 0.250. The summed E-state index contributed by atoms with van der Waals surface area (Å²) < 4.78 is 54.3. The van der Waals surface area contributed by atoms with Gasteiger partial charge in [-0.1, -0.05) is 34.4 Å². The number of rotatable bonds is 22. The first-order valence-corrected chi connectivity index (χ1v) is 18.0. The molecular formula is C28H32N10O13S3. The molecule has 2 aromatic carbocycles. The average molecular weight is 813 g/mol. The summed E-state index contributed by atoms with van der Waals surface area (Å²) in [6, 6.07) is 8.75. The highest BCUT2D eigenvalue weighted by molar-refractivity contribution is 7.95. The van der Waals surface area contributed by atoms with Crippen LogP contribution in [0.4, 0.5) is 35.2 Å². The first-order chi connectivity index (χ1) is 26.1. The molecule has 0 spiro atoms. The molecule has 0 unspecified atom stereocenters. The number of hydrogen-bond acceptors (Lipinski definition) is 24. The van der Waals surface area contributed by atoms with E-state index in [4.69, 9.17) is 20.0 Å². The van der Waals surface area contributed by atoms with Crippen molar-refractivity contribution in [3.63, 3.8) is 0 Å². The first-order valence-electron chi connectivity index (χ1n) is 14.9. The molecule has 0 bridgehead atoms. The zero-order valence-electron chi connectivity index (χ0n) is 28.0. The number of nitrogens with one attached hydrogen (secondary N) is 2. The van der Waals surface area contributed by atoms with Crippen molar-refractivity contribution in [3.8, 4) is 12.0 Å². The van der Waals surface area contributed by atoms with Gasteiger partial charge in [0.05, 0.1) is 45.2 Å². The van der Waals surface area contributed by atoms with E-state index in [0.29, 0.717) is 28.2 Å². The maximum absolute atomic E-state index is 12.5. The molecule has 0 atom stereocenters. The molecule has 4 aromatic rings. The number of methoxy groups -OCH3 is 2. The van der Waals surface area contributed by atoms with Crippen molar-refractivity contribution >= 4 is 87.7 Å². The minimum absolute atomic E-state index is 0.0370. The molecule has 0 saturated carbocycles. The molecule has 0 aliphatic carbocycles. The van der Waals surface area contributed by atoms with Crippen LogP contribution in [0.1, 0.15) is 11.1 Å². The van der Waals surface area contributed by atoms with Gasteiger partial charge in [-0.3, -0.25) is 4.55 Å². The second kappa shape index (κ2) is 21.2. The Bertz CT molecular complexity index is 2010. The Hall–Kier alpha value is -4.84. The normalized spacial score (nSPS) is 11.7. The zero-order chi connectivity index (χ0) is 38.9. The Balaban J connectivity index is 1.61. The molecule has 0 radical (unpaired) electrons. The molecule has 290 valence electrons. The van der Waals surface area contributed by atoms with Gasteiger partial charge in [-0.05, 0) is 35.4 Å². The molecule has 0 amide bonds. The number of aromatic nitrogens is 6. The molecule has 2 heterocycles. The Kier molecular flexibility index (Phi) is 16.4. The SMILES string of the molecule is COc1nc(/N=C/CSOOO)nc(Nc2ccc(/C=C/c3ccc(Nc4nc(OC)nc(N(CCO)CCO)n4)cc3SOOO)c(S(=O)(=O)O)c2)n1. The monoisotopic (exact) mass is 812 g/mol. The highest BCUT2D eigenvalue weighted by Gasteiger charge is 2.18. The van der Waals surface area contributed by atoms with Gasteiger partial charge in [0.15, 0.2) is 0 Å². The van der Waals surface area contributed by atoms with Gasteiger partial charge < -0.3 is 35.2 Å². The highest BCUT2D eigenvalue weighted by atomic mass is 32.2. The van der Waals surface area contributed by atoms with E-state index in [1.165, 1.54) is 49.6 Å². The van der Waals surface area contributed by atoms with E-state index in [2.05, 4.69) is 64.3 Å². The molecule has 0 aliphatic rings. The smallest absolute Gasteiger partial charge is 0.322 e. The summed E-state index contributed by atoms with van der Waals surface area (Å²) in [6.45, 7) is -0.169. The van der Waals surface area contributed by atoms with Crippen molar-refractivity contribution in [1.29, 1.82) is 0 Å². The lowest BCUT2D eigenvalue weighted by atomic mass is 10.1. The lowest BCUT2D eigenvalue weighted by Crippen LogP contribution is -2.31. The number of aliphatic hydroxyl groups excluding tert-OH is 2. The Morgan fingerprint density at radius 3 is 2.06 bits per heavy atom. The van der Waals surface area contributed by atoms with Crippen LogP contribution in [0.2, 0.25) is 0 Å². The summed E-state index contributed by atoms with van der Waals surface area (Å²) in [5.74, 6) is 0.205. The van der Waals surface area contributed by atoms with Gasteiger partial charge in [-0.25, -0.2) is 15.5 Å². The molecule has 7 N–H and O–H groups in total. The fourth-order valence-corrected chi connectivity index (χ4v) is 5.68. The van der Waals surface area contributed by atoms with E-state index in [1.54, 1.807) is 18.2 Å². The molecule has 4 rings (SSSR count). The lowest BCUT2D eigenvalue weighted by molar-refractivity contribution is -0.432. The second-order valence-corrected chi connectivity index (χ2v) is 12.7. The number of aliphatic imine (C=N–C) groups is 1. The molecule has 0 saturated heterocycles. The standard InChI is InChI=1S/C28H32N10O13S3/c1-46-27-34-23(29-9-14-52-50-48-41)32-24(35-27)31-20-8-6-18(22(16-20)54(43,44)45)4-3-17-5-7-19(15-21(17)53-51-49-42)30-25-33-26(37-28(36-25)47-2)38(10-12-39)11-13-40/h3-9,15-16,39-42H,10-14H2,1-2H3,(H,43,44,45)(H,30,33,36,37)(H,31,32,34,35)/b4-3+,29-9+. The van der Waals surface area contributed by atoms with Crippen LogP contribution in [-0.4, -0.2) is 116 Å². The van der Waals surface area contributed by atoms with Crippen LogP contribution in [-0.2, 0) is 28.9 Å². The number of benzene rings is 2. The van der Waals surface area contributed by atoms with Crippen LogP contribution in [0.15, 0.2) is 51.2 Å². The summed E-state index contributed by atoms with van der Waals surface area (Å²) in [6.07, 6.45) is 4.29. The number of nitrogens with zero attached hydrogens (tertiary/aromatic N) is 8. The van der Waals surface area contributed by atoms with Gasteiger partial charge in [-0.2, -0.15) is 38.3 Å². The van der Waals surface area contributed by atoms with Crippen molar-refractivity contribution in [2.75, 3.05) is 61.8 Å². The summed E-state index contributed by atoms with van der Waals surface area (Å²) in [5, 5.41) is 49.0. The van der Waals surface area contributed by atoms with Crippen LogP contribution in [0.5, 0.6) is 12.0 Å². The summed E-state index contributed by atoms with van der Waals surface area (Å²) >= 11 is 1.35. The number of aliphatic hydroxyl groups is 2. The van der Waals surface area contributed by atoms with Crippen LogP contribution in [0.25, 0.3) is 12.2 Å². The lowest BCUT2D eigenvalue weighted by Gasteiger charge is -2.21. The molecule has 0 aliphatic heterocycles. The van der Waals surface area contributed by atoms with Crippen LogP contribution >= 0.6 is 24.1 Å². The predicted molar refractivity (Wildman–Crippen MR) is 193 cm³/mol. The van der Waals surface area contributed by atoms with Gasteiger partial charge in [-0.15, -0.1) is 8.67 Å². The minimum Gasteiger partial charge on any atom is -0.467 e. The van der Waals surface area contributed by atoms with Crippen molar-refractivity contribution in [2.24, 2.45) is 4.99 Å². The van der Waals surface area contributed by atoms with E-state index in [-0.39, 0.29) is 79.1 Å². The van der Waals surface area contributed by atoms with E-state index in [1.807, 2.05) is 0 Å². The number of hydrogen-bond donors (Lipinski definition) is 7. The molecule has 23 nitrogen and oxygen atoms in total. The van der Waals surface area contributed by atoms with Crippen LogP contribution in [0.3, 0.4) is 0 Å². The van der Waals surface area contributed by atoms with E-state index >= 15 is 0 Å². The third-order valence-electron chi connectivity index (χ3n) is 6.44. The minimum atomic E-state index is -4.77. The largest absolute Gasteiger partial charge is 0.467 e. The predicted octanol–water partition coefficient (Wildman–Crippen LogP) is 2.97. The average Bonchev–Trinajstić information content (AvgIpc) is 3.16. The van der Waals surface area contributed by atoms with Crippen molar-refractivity contribution in [2.45, 2.75) is 9.79 Å². The Morgan fingerprint density at radius 2 is 1.43 bits per heavy atom. The maximum Gasteiger partial charge on any atom is 0.322 e. The number of anilines is 5. The van der Waals surface area contributed by atoms with Gasteiger partial charge in [0.1, 0.15) is 4.90 Å². The topological polar surface area (TPSA) is 308 Å². The highest BCUT2D eigenvalue weighted by Crippen LogP contribution is 2.31. The molecule has 2 aromatic heterocycles. The molecular weight excluding hydrogens is 781 g/mol. The molecule has 0 fully saturated rings. The first kappa shape index (κ1) is 41.9. The van der Waals surface area contributed by atoms with Crippen molar-refractivity contribution in [3.05, 3.63) is 47.5 Å². The van der Waals surface area contributed by atoms with E-state index in [0.717, 1.165) is 18.1 Å². The Labute approximate surface area is 315 Å². The maximum atomic E-state index is 12.5. The van der Waals surface area contributed by atoms with Crippen LogP contribution in [0, 0.1) is 0 Å². The van der Waals surface area contributed by atoms with Gasteiger partial charge in [0, 0.05) is 47.6 Å². The zero-order valence-corrected chi connectivity index (χ0v) is 30.5. The Morgan fingerprint density at radius 1 is 0.815 bits per heavy atom. The van der Waals surface area contributed by atoms with Gasteiger partial charge in [0.2, 0.25) is 17.8 Å². The van der Waals surface area contributed by atoms with Gasteiger partial charge in [0.25, 0.3) is 16.1 Å². The fourth-order valence-electron chi connectivity index (χ4n) is 4.22. The van der Waals surface area contributed by atoms with Gasteiger partial charge >= 0.3 is 12.0 Å². The second-order valence-electron chi connectivity index (χ2n) is 9.85. The van der Waals surface area contributed by atoms with Crippen LogP contribution < -0.4 is 25.0 Å². The van der Waals surface area contributed by atoms with E-state index in [9.17, 15) is 23.2 Å². The van der Waals surface area contributed by atoms with Crippen molar-refractivity contribution < 1.29 is 61.9 Å². The summed E-state index contributed by atoms with van der Waals surface area (Å²) in [5.41, 5.74) is 1.14. The summed E-state index contributed by atoms with van der Waals surface area (Å²) in [7, 11) is -2.09. The third kappa shape index (κ3) is 12.6. The van der Waals surface area contributed by atoms with E-state index < -0.39 is 15.0 Å². The number of ether oxygens (including phenoxy) is 2. The quantitative estimate of drug-likeness (QED) is 0.0114. The van der Waals surface area contributed by atoms with Crippen molar-refractivity contribution in [1.82, 2.24) is 29.9 Å². The summed E-state index contributed by atoms with van der Waals surface area (Å²) in [4.78, 5) is 30.4. The third-order valence-corrected chi connectivity index (χ3v) is 8.45. The molecule has 54 heavy (non-hydrogen) atoms.